The van der Waals surface area contributed by atoms with Gasteiger partial charge in [-0.05, 0) is 12.1 Å². The molecule has 0 spiro atoms. The van der Waals surface area contributed by atoms with Gasteiger partial charge < -0.3 is 33.6 Å². The topological polar surface area (TPSA) is 187 Å². The Morgan fingerprint density at radius 3 is 1.79 bits per heavy atom. The first-order chi connectivity index (χ1) is 14.1. The molecule has 0 aliphatic rings. The second-order valence-electron chi connectivity index (χ2n) is 5.79. The summed E-state index contributed by atoms with van der Waals surface area (Å²) in [4.78, 5) is 7.32. The van der Waals surface area contributed by atoms with Crippen molar-refractivity contribution in [1.82, 2.24) is 20.2 Å². The number of halogens is 2. The van der Waals surface area contributed by atoms with Gasteiger partial charge in [-0.25, -0.2) is 4.98 Å². The molecule has 0 amide bonds. The van der Waals surface area contributed by atoms with Crippen molar-refractivity contribution in [3.8, 4) is 34.4 Å². The van der Waals surface area contributed by atoms with Gasteiger partial charge in [-0.15, -0.1) is 10.2 Å². The first-order valence-electron chi connectivity index (χ1n) is 7.92. The maximum absolute atomic E-state index is 11.4. The monoisotopic (exact) mass is 715 g/mol. The SMILES string of the molecule is O=S(=O)(O)c1coc(-c2nnc(-c3ccccn3)nc2-c2cc(S(=O)(=O)O)co2)c1.[Cl-].[Cl-].[Pt+2]. The fourth-order valence-corrected chi connectivity index (χ4v) is 3.28. The minimum atomic E-state index is -4.55. The fourth-order valence-electron chi connectivity index (χ4n) is 2.42. The molecule has 12 nitrogen and oxygen atoms in total. The number of hydrogen-bond donors (Lipinski definition) is 2. The van der Waals surface area contributed by atoms with Crippen LogP contribution in [0.3, 0.4) is 0 Å². The molecule has 0 aromatic carbocycles. The minimum Gasteiger partial charge on any atom is -1.00 e. The molecule has 4 rings (SSSR count). The van der Waals surface area contributed by atoms with Crippen molar-refractivity contribution in [2.24, 2.45) is 0 Å². The Hall–Kier alpha value is -2.19. The molecular formula is C16H10Cl2N4O8PtS2. The summed E-state index contributed by atoms with van der Waals surface area (Å²) in [5.41, 5.74) is 0.162. The maximum atomic E-state index is 11.4. The molecule has 0 aliphatic carbocycles. The first kappa shape index (κ1) is 28.8. The van der Waals surface area contributed by atoms with Gasteiger partial charge in [-0.2, -0.15) is 16.8 Å². The van der Waals surface area contributed by atoms with Crippen molar-refractivity contribution in [3.63, 3.8) is 0 Å². The van der Waals surface area contributed by atoms with E-state index in [2.05, 4.69) is 20.2 Å². The smallest absolute Gasteiger partial charge is 1.00 e. The van der Waals surface area contributed by atoms with Gasteiger partial charge in [-0.1, -0.05) is 6.07 Å². The van der Waals surface area contributed by atoms with E-state index in [1.807, 2.05) is 0 Å². The van der Waals surface area contributed by atoms with Crippen molar-refractivity contribution in [3.05, 3.63) is 49.1 Å². The zero-order valence-corrected chi connectivity index (χ0v) is 21.1. The second-order valence-corrected chi connectivity index (χ2v) is 8.63. The predicted octanol–water partition coefficient (Wildman–Crippen LogP) is -4.05. The third-order valence-corrected chi connectivity index (χ3v) is 5.41. The molecule has 4 aromatic rings. The van der Waals surface area contributed by atoms with Crippen LogP contribution in [0.1, 0.15) is 0 Å². The van der Waals surface area contributed by atoms with Crippen LogP contribution in [0.5, 0.6) is 0 Å². The van der Waals surface area contributed by atoms with Gasteiger partial charge in [0.2, 0.25) is 5.82 Å². The Morgan fingerprint density at radius 2 is 1.33 bits per heavy atom. The summed E-state index contributed by atoms with van der Waals surface area (Å²) < 4.78 is 74.1. The van der Waals surface area contributed by atoms with E-state index < -0.39 is 30.0 Å². The van der Waals surface area contributed by atoms with Crippen LogP contribution < -0.4 is 24.8 Å². The number of nitrogens with zero attached hydrogens (tertiary/aromatic N) is 4. The fraction of sp³-hybridized carbons (Fsp3) is 0. The number of furan rings is 2. The Bertz CT molecular complexity index is 1460. The molecule has 17 heteroatoms. The van der Waals surface area contributed by atoms with Crippen molar-refractivity contribution < 1.29 is 80.7 Å². The number of pyridine rings is 1. The van der Waals surface area contributed by atoms with Crippen LogP contribution in [0, 0.1) is 0 Å². The summed E-state index contributed by atoms with van der Waals surface area (Å²) in [5.74, 6) is -0.217. The Morgan fingerprint density at radius 1 is 0.788 bits per heavy atom. The third kappa shape index (κ3) is 6.23. The predicted molar refractivity (Wildman–Crippen MR) is 98.1 cm³/mol. The van der Waals surface area contributed by atoms with Crippen LogP contribution >= 0.6 is 0 Å². The maximum Gasteiger partial charge on any atom is 2.00 e. The molecule has 0 saturated carbocycles. The van der Waals surface area contributed by atoms with E-state index in [4.69, 9.17) is 13.4 Å². The molecule has 33 heavy (non-hydrogen) atoms. The van der Waals surface area contributed by atoms with Gasteiger partial charge in [0.05, 0.1) is 0 Å². The Kier molecular flexibility index (Phi) is 9.46. The molecule has 0 radical (unpaired) electrons. The summed E-state index contributed by atoms with van der Waals surface area (Å²) >= 11 is 0. The standard InChI is InChI=1S/C16H10N4O8S2.2ClH.Pt/c21-29(22,23)9-5-12(27-7-9)14-15(13-6-10(8-28-13)30(24,25)26)19-20-16(18-14)11-3-1-2-4-17-11;;;/h1-8H,(H,21,22,23)(H,24,25,26);2*1H;/q;;;+2/p-2. The second kappa shape index (κ2) is 10.8. The van der Waals surface area contributed by atoms with E-state index in [-0.39, 0.29) is 74.6 Å². The van der Waals surface area contributed by atoms with E-state index in [1.54, 1.807) is 18.2 Å². The average molecular weight is 716 g/mol. The van der Waals surface area contributed by atoms with E-state index in [0.29, 0.717) is 5.69 Å². The van der Waals surface area contributed by atoms with E-state index in [0.717, 1.165) is 24.7 Å². The van der Waals surface area contributed by atoms with Crippen LogP contribution in [0.4, 0.5) is 0 Å². The molecule has 4 heterocycles. The summed E-state index contributed by atoms with van der Waals surface area (Å²) in [5, 5.41) is 7.91. The van der Waals surface area contributed by atoms with Gasteiger partial charge >= 0.3 is 21.1 Å². The normalized spacial score (nSPS) is 11.1. The van der Waals surface area contributed by atoms with E-state index >= 15 is 0 Å². The number of rotatable bonds is 5. The van der Waals surface area contributed by atoms with Crippen LogP contribution in [-0.4, -0.2) is 46.1 Å². The van der Waals surface area contributed by atoms with Crippen molar-refractivity contribution in [2.45, 2.75) is 9.79 Å². The molecule has 0 bridgehead atoms. The molecule has 0 fully saturated rings. The molecule has 2 N–H and O–H groups in total. The minimum absolute atomic E-state index is 0. The van der Waals surface area contributed by atoms with Gasteiger partial charge in [0.15, 0.2) is 17.2 Å². The molecule has 0 atom stereocenters. The molecule has 4 aromatic heterocycles. The van der Waals surface area contributed by atoms with Gasteiger partial charge in [0, 0.05) is 18.3 Å². The van der Waals surface area contributed by atoms with E-state index in [9.17, 15) is 21.4 Å². The van der Waals surface area contributed by atoms with Gasteiger partial charge in [-0.3, -0.25) is 14.1 Å². The van der Waals surface area contributed by atoms with Crippen molar-refractivity contribution in [1.29, 1.82) is 0 Å². The average Bonchev–Trinajstić information content (AvgIpc) is 3.37. The third-order valence-electron chi connectivity index (χ3n) is 3.79. The number of hydrogen-bond acceptors (Lipinski definition) is 10. The van der Waals surface area contributed by atoms with Gasteiger partial charge in [0.1, 0.15) is 33.7 Å². The van der Waals surface area contributed by atoms with Crippen LogP contribution in [0.25, 0.3) is 34.4 Å². The quantitative estimate of drug-likeness (QED) is 0.191. The Balaban J connectivity index is 0.00000181. The van der Waals surface area contributed by atoms with Crippen LogP contribution in [-0.2, 0) is 41.3 Å². The van der Waals surface area contributed by atoms with Crippen LogP contribution in [0.15, 0.2) is 67.7 Å². The number of aromatic nitrogens is 4. The molecule has 178 valence electrons. The largest absolute Gasteiger partial charge is 2.00 e. The summed E-state index contributed by atoms with van der Waals surface area (Å²) in [6.07, 6.45) is 3.08. The molecule has 0 unspecified atom stereocenters. The van der Waals surface area contributed by atoms with E-state index in [1.165, 1.54) is 6.20 Å². The summed E-state index contributed by atoms with van der Waals surface area (Å²) in [6, 6.07) is 6.95. The van der Waals surface area contributed by atoms with Gasteiger partial charge in [0.25, 0.3) is 20.2 Å². The molecule has 0 saturated heterocycles. The van der Waals surface area contributed by atoms with Crippen LogP contribution in [0.2, 0.25) is 0 Å². The Labute approximate surface area is 213 Å². The summed E-state index contributed by atoms with van der Waals surface area (Å²) in [6.45, 7) is 0. The molecular weight excluding hydrogens is 706 g/mol. The first-order valence-corrected chi connectivity index (χ1v) is 10.8. The van der Waals surface area contributed by atoms with Crippen molar-refractivity contribution >= 4 is 20.2 Å². The summed E-state index contributed by atoms with van der Waals surface area (Å²) in [7, 11) is -9.09. The zero-order valence-electron chi connectivity index (χ0n) is 15.6. The zero-order chi connectivity index (χ0) is 21.5. The molecule has 0 aliphatic heterocycles. The van der Waals surface area contributed by atoms with Crippen molar-refractivity contribution in [2.75, 3.05) is 0 Å².